The zero-order chi connectivity index (χ0) is 16.8. The highest BCUT2D eigenvalue weighted by Crippen LogP contribution is 2.24. The molecule has 2 N–H and O–H groups in total. The molecule has 0 spiro atoms. The van der Waals surface area contributed by atoms with Gasteiger partial charge in [0.25, 0.3) is 5.91 Å². The smallest absolute Gasteiger partial charge is 0.252 e. The van der Waals surface area contributed by atoms with E-state index in [1.165, 1.54) is 22.7 Å². The number of nitrogens with one attached hydrogen (secondary N) is 2. The predicted molar refractivity (Wildman–Crippen MR) is 95.2 cm³/mol. The zero-order valence-corrected chi connectivity index (χ0v) is 14.2. The van der Waals surface area contributed by atoms with E-state index in [1.54, 1.807) is 23.8 Å². The molecule has 0 fully saturated rings. The van der Waals surface area contributed by atoms with Crippen LogP contribution in [-0.2, 0) is 4.79 Å². The number of thiophene rings is 1. The number of carbonyl (C=O) groups is 2. The molecule has 0 aliphatic heterocycles. The molecule has 0 radical (unpaired) electrons. The number of amides is 2. The van der Waals surface area contributed by atoms with Crippen LogP contribution in [0, 0.1) is 0 Å². The average Bonchev–Trinajstić information content (AvgIpc) is 3.27. The molecule has 3 aromatic heterocycles. The van der Waals surface area contributed by atoms with Crippen molar-refractivity contribution in [2.24, 2.45) is 0 Å². The number of hydrogen-bond acceptors (Lipinski definition) is 6. The molecule has 3 aromatic rings. The van der Waals surface area contributed by atoms with Crippen LogP contribution in [-0.4, -0.2) is 28.3 Å². The van der Waals surface area contributed by atoms with Crippen LogP contribution in [0.25, 0.3) is 11.3 Å². The Morgan fingerprint density at radius 2 is 2.12 bits per heavy atom. The number of aromatic nitrogens is 2. The van der Waals surface area contributed by atoms with Gasteiger partial charge in [-0.1, -0.05) is 0 Å². The van der Waals surface area contributed by atoms with Crippen molar-refractivity contribution in [2.45, 2.75) is 6.42 Å². The Morgan fingerprint density at radius 1 is 1.21 bits per heavy atom. The lowest BCUT2D eigenvalue weighted by atomic mass is 10.2. The first-order chi connectivity index (χ1) is 11.7. The second kappa shape index (κ2) is 7.80. The van der Waals surface area contributed by atoms with E-state index in [4.69, 9.17) is 0 Å². The van der Waals surface area contributed by atoms with Crippen LogP contribution in [0.4, 0.5) is 5.13 Å². The highest BCUT2D eigenvalue weighted by molar-refractivity contribution is 7.14. The van der Waals surface area contributed by atoms with Gasteiger partial charge in [-0.05, 0) is 23.6 Å². The SMILES string of the molecule is O=C(CCNC(=O)c1ccsc1)Nc1nc(-c2cccnc2)cs1. The fraction of sp³-hybridized carbons (Fsp3) is 0.125. The van der Waals surface area contributed by atoms with Gasteiger partial charge in [0.1, 0.15) is 0 Å². The van der Waals surface area contributed by atoms with Crippen molar-refractivity contribution in [1.82, 2.24) is 15.3 Å². The first-order valence-electron chi connectivity index (χ1n) is 7.18. The number of anilines is 1. The number of nitrogens with zero attached hydrogens (tertiary/aromatic N) is 2. The van der Waals surface area contributed by atoms with E-state index in [1.807, 2.05) is 22.9 Å². The summed E-state index contributed by atoms with van der Waals surface area (Å²) in [6.07, 6.45) is 3.61. The third-order valence-electron chi connectivity index (χ3n) is 3.13. The van der Waals surface area contributed by atoms with Gasteiger partial charge in [0.2, 0.25) is 5.91 Å². The van der Waals surface area contributed by atoms with Crippen LogP contribution in [0.15, 0.2) is 46.7 Å². The van der Waals surface area contributed by atoms with Crippen molar-refractivity contribution in [1.29, 1.82) is 0 Å². The molecule has 3 heterocycles. The monoisotopic (exact) mass is 358 g/mol. The number of carbonyl (C=O) groups excluding carboxylic acids is 2. The summed E-state index contributed by atoms with van der Waals surface area (Å²) in [6, 6.07) is 5.49. The summed E-state index contributed by atoms with van der Waals surface area (Å²) >= 11 is 2.81. The molecule has 0 saturated carbocycles. The van der Waals surface area contributed by atoms with Crippen LogP contribution < -0.4 is 10.6 Å². The fourth-order valence-electron chi connectivity index (χ4n) is 1.95. The summed E-state index contributed by atoms with van der Waals surface area (Å²) in [5, 5.41) is 11.5. The Morgan fingerprint density at radius 3 is 2.88 bits per heavy atom. The van der Waals surface area contributed by atoms with E-state index in [2.05, 4.69) is 20.6 Å². The first kappa shape index (κ1) is 16.3. The summed E-state index contributed by atoms with van der Waals surface area (Å²) < 4.78 is 0. The molecule has 0 unspecified atom stereocenters. The van der Waals surface area contributed by atoms with Crippen molar-refractivity contribution < 1.29 is 9.59 Å². The van der Waals surface area contributed by atoms with Crippen LogP contribution in [0.5, 0.6) is 0 Å². The Hall–Kier alpha value is -2.58. The minimum absolute atomic E-state index is 0.169. The molecule has 8 heteroatoms. The first-order valence-corrected chi connectivity index (χ1v) is 9.01. The molecule has 122 valence electrons. The molecular formula is C16H14N4O2S2. The second-order valence-corrected chi connectivity index (χ2v) is 6.48. The van der Waals surface area contributed by atoms with Crippen molar-refractivity contribution in [3.63, 3.8) is 0 Å². The van der Waals surface area contributed by atoms with Gasteiger partial charge in [0.15, 0.2) is 5.13 Å². The van der Waals surface area contributed by atoms with Crippen LogP contribution in [0.2, 0.25) is 0 Å². The lowest BCUT2D eigenvalue weighted by Crippen LogP contribution is -2.27. The second-order valence-electron chi connectivity index (χ2n) is 4.85. The van der Waals surface area contributed by atoms with Gasteiger partial charge in [-0.15, -0.1) is 11.3 Å². The van der Waals surface area contributed by atoms with Gasteiger partial charge in [-0.2, -0.15) is 11.3 Å². The van der Waals surface area contributed by atoms with Gasteiger partial charge in [0, 0.05) is 47.2 Å². The predicted octanol–water partition coefficient (Wildman–Crippen LogP) is 3.03. The maximum atomic E-state index is 11.9. The Kier molecular flexibility index (Phi) is 5.29. The summed E-state index contributed by atoms with van der Waals surface area (Å²) in [5.74, 6) is -0.357. The minimum atomic E-state index is -0.187. The number of hydrogen-bond donors (Lipinski definition) is 2. The van der Waals surface area contributed by atoms with Crippen molar-refractivity contribution in [3.05, 3.63) is 52.3 Å². The molecule has 0 atom stereocenters. The Bertz CT molecular complexity index is 816. The van der Waals surface area contributed by atoms with Gasteiger partial charge in [0.05, 0.1) is 5.69 Å². The van der Waals surface area contributed by atoms with Gasteiger partial charge >= 0.3 is 0 Å². The molecular weight excluding hydrogens is 344 g/mol. The average molecular weight is 358 g/mol. The molecule has 24 heavy (non-hydrogen) atoms. The van der Waals surface area contributed by atoms with Gasteiger partial charge in [-0.25, -0.2) is 4.98 Å². The fourth-order valence-corrected chi connectivity index (χ4v) is 3.32. The maximum absolute atomic E-state index is 11.9. The lowest BCUT2D eigenvalue weighted by molar-refractivity contribution is -0.116. The van der Waals surface area contributed by atoms with E-state index in [9.17, 15) is 9.59 Å². The van der Waals surface area contributed by atoms with Crippen LogP contribution >= 0.6 is 22.7 Å². The highest BCUT2D eigenvalue weighted by atomic mass is 32.1. The number of pyridine rings is 1. The summed E-state index contributed by atoms with van der Waals surface area (Å²) in [5.41, 5.74) is 2.29. The molecule has 0 aliphatic carbocycles. The third-order valence-corrected chi connectivity index (χ3v) is 4.57. The maximum Gasteiger partial charge on any atom is 0.252 e. The van der Waals surface area contributed by atoms with E-state index in [-0.39, 0.29) is 24.8 Å². The third kappa shape index (κ3) is 4.24. The molecule has 0 aromatic carbocycles. The van der Waals surface area contributed by atoms with Crippen LogP contribution in [0.3, 0.4) is 0 Å². The van der Waals surface area contributed by atoms with Crippen molar-refractivity contribution in [3.8, 4) is 11.3 Å². The quantitative estimate of drug-likeness (QED) is 0.709. The van der Waals surface area contributed by atoms with E-state index in [0.29, 0.717) is 10.7 Å². The Balaban J connectivity index is 1.47. The zero-order valence-electron chi connectivity index (χ0n) is 12.6. The normalized spacial score (nSPS) is 10.3. The largest absolute Gasteiger partial charge is 0.351 e. The molecule has 0 saturated heterocycles. The number of thiazole rings is 1. The Labute approximate surface area is 146 Å². The van der Waals surface area contributed by atoms with Crippen molar-refractivity contribution in [2.75, 3.05) is 11.9 Å². The molecule has 2 amide bonds. The van der Waals surface area contributed by atoms with Crippen molar-refractivity contribution >= 4 is 39.6 Å². The summed E-state index contributed by atoms with van der Waals surface area (Å²) in [4.78, 5) is 32.1. The number of rotatable bonds is 6. The lowest BCUT2D eigenvalue weighted by Gasteiger charge is -2.04. The van der Waals surface area contributed by atoms with E-state index >= 15 is 0 Å². The van der Waals surface area contributed by atoms with Gasteiger partial charge < -0.3 is 10.6 Å². The van der Waals surface area contributed by atoms with Crippen LogP contribution in [0.1, 0.15) is 16.8 Å². The van der Waals surface area contributed by atoms with E-state index < -0.39 is 0 Å². The molecule has 6 nitrogen and oxygen atoms in total. The summed E-state index contributed by atoms with van der Waals surface area (Å²) in [7, 11) is 0. The standard InChI is InChI=1S/C16H14N4O2S2/c21-14(3-6-18-15(22)12-4-7-23-9-12)20-16-19-13(10-24-16)11-2-1-5-17-8-11/h1-2,4-5,7-10H,3,6H2,(H,18,22)(H,19,20,21). The highest BCUT2D eigenvalue weighted by Gasteiger charge is 2.09. The topological polar surface area (TPSA) is 84.0 Å². The van der Waals surface area contributed by atoms with Gasteiger partial charge in [-0.3, -0.25) is 14.6 Å². The molecule has 0 aliphatic rings. The summed E-state index contributed by atoms with van der Waals surface area (Å²) in [6.45, 7) is 0.279. The molecule has 3 rings (SSSR count). The molecule has 0 bridgehead atoms. The van der Waals surface area contributed by atoms with E-state index in [0.717, 1.165) is 11.3 Å². The minimum Gasteiger partial charge on any atom is -0.351 e.